The summed E-state index contributed by atoms with van der Waals surface area (Å²) in [6, 6.07) is 15.7. The summed E-state index contributed by atoms with van der Waals surface area (Å²) in [5, 5.41) is 7.18. The molecule has 6 heteroatoms. The van der Waals surface area contributed by atoms with E-state index >= 15 is 0 Å². The van der Waals surface area contributed by atoms with Crippen LogP contribution in [0.1, 0.15) is 16.5 Å². The summed E-state index contributed by atoms with van der Waals surface area (Å²) in [6.07, 6.45) is 3.72. The lowest BCUT2D eigenvalue weighted by atomic mass is 10.1. The molecule has 4 rings (SSSR count). The van der Waals surface area contributed by atoms with Crippen LogP contribution in [-0.4, -0.2) is 22.2 Å². The highest BCUT2D eigenvalue weighted by Crippen LogP contribution is 2.26. The molecule has 134 valence electrons. The van der Waals surface area contributed by atoms with Crippen molar-refractivity contribution >= 4 is 23.5 Å². The fourth-order valence-electron chi connectivity index (χ4n) is 2.62. The quantitative estimate of drug-likeness (QED) is 0.471. The Kier molecular flexibility index (Phi) is 4.80. The van der Waals surface area contributed by atoms with Gasteiger partial charge in [0.25, 0.3) is 5.89 Å². The Morgan fingerprint density at radius 2 is 1.81 bits per heavy atom. The third-order valence-electron chi connectivity index (χ3n) is 4.01. The van der Waals surface area contributed by atoms with Gasteiger partial charge < -0.3 is 9.26 Å². The first-order valence-corrected chi connectivity index (χ1v) is 9.28. The van der Waals surface area contributed by atoms with E-state index in [1.807, 2.05) is 66.9 Å². The number of benzene rings is 2. The molecular weight excluding hydrogens is 358 g/mol. The van der Waals surface area contributed by atoms with Gasteiger partial charge in [0.05, 0.1) is 17.8 Å². The third-order valence-corrected chi connectivity index (χ3v) is 4.78. The maximum Gasteiger partial charge on any atom is 0.250 e. The predicted octanol–water partition coefficient (Wildman–Crippen LogP) is 5.35. The Morgan fingerprint density at radius 3 is 2.56 bits per heavy atom. The van der Waals surface area contributed by atoms with Crippen molar-refractivity contribution in [2.24, 2.45) is 0 Å². The van der Waals surface area contributed by atoms with Gasteiger partial charge in [0.15, 0.2) is 0 Å². The van der Waals surface area contributed by atoms with Crippen LogP contribution in [-0.2, 0) is 0 Å². The summed E-state index contributed by atoms with van der Waals surface area (Å²) in [4.78, 5) is 8.99. The number of aryl methyl sites for hydroxylation is 1. The van der Waals surface area contributed by atoms with Crippen molar-refractivity contribution in [1.29, 1.82) is 0 Å². The van der Waals surface area contributed by atoms with Gasteiger partial charge in [0, 0.05) is 22.6 Å². The molecule has 0 atom stereocenters. The van der Waals surface area contributed by atoms with E-state index in [-0.39, 0.29) is 0 Å². The first kappa shape index (κ1) is 17.2. The van der Waals surface area contributed by atoms with Gasteiger partial charge in [-0.1, -0.05) is 35.5 Å². The summed E-state index contributed by atoms with van der Waals surface area (Å²) in [5.41, 5.74) is 3.92. The van der Waals surface area contributed by atoms with Gasteiger partial charge in [-0.15, -0.1) is 11.3 Å². The first-order chi connectivity index (χ1) is 13.2. The van der Waals surface area contributed by atoms with E-state index in [1.54, 1.807) is 24.5 Å². The number of thiazole rings is 1. The second kappa shape index (κ2) is 7.55. The monoisotopic (exact) mass is 375 g/mol. The van der Waals surface area contributed by atoms with Crippen molar-refractivity contribution in [2.45, 2.75) is 6.92 Å². The van der Waals surface area contributed by atoms with Gasteiger partial charge >= 0.3 is 0 Å². The van der Waals surface area contributed by atoms with Crippen LogP contribution < -0.4 is 4.74 Å². The zero-order chi connectivity index (χ0) is 18.6. The van der Waals surface area contributed by atoms with Gasteiger partial charge in [-0.25, -0.2) is 4.98 Å². The maximum atomic E-state index is 5.35. The highest BCUT2D eigenvalue weighted by molar-refractivity contribution is 7.09. The number of aromatic nitrogens is 3. The van der Waals surface area contributed by atoms with Gasteiger partial charge in [-0.05, 0) is 36.8 Å². The summed E-state index contributed by atoms with van der Waals surface area (Å²) < 4.78 is 10.5. The number of hydrogen-bond donors (Lipinski definition) is 0. The fraction of sp³-hybridized carbons (Fsp3) is 0.0952. The highest BCUT2D eigenvalue weighted by atomic mass is 32.1. The van der Waals surface area contributed by atoms with Gasteiger partial charge in [-0.2, -0.15) is 4.98 Å². The normalized spacial score (nSPS) is 11.2. The molecule has 5 nitrogen and oxygen atoms in total. The number of hydrogen-bond acceptors (Lipinski definition) is 6. The summed E-state index contributed by atoms with van der Waals surface area (Å²) in [7, 11) is 1.65. The summed E-state index contributed by atoms with van der Waals surface area (Å²) >= 11 is 1.63. The molecule has 0 unspecified atom stereocenters. The molecule has 2 heterocycles. The number of methoxy groups -OCH3 is 1. The van der Waals surface area contributed by atoms with Crippen LogP contribution in [0.5, 0.6) is 5.75 Å². The second-order valence-corrected chi connectivity index (χ2v) is 6.96. The minimum Gasteiger partial charge on any atom is -0.497 e. The van der Waals surface area contributed by atoms with E-state index in [0.717, 1.165) is 33.1 Å². The summed E-state index contributed by atoms with van der Waals surface area (Å²) in [5.74, 6) is 1.83. The van der Waals surface area contributed by atoms with E-state index in [1.165, 1.54) is 0 Å². The SMILES string of the molecule is COc1ccc(C=Cc2nc(-c3cccc(-c4csc(C)n4)c3)no2)cc1. The molecule has 27 heavy (non-hydrogen) atoms. The van der Waals surface area contributed by atoms with E-state index in [4.69, 9.17) is 9.26 Å². The Labute approximate surface area is 161 Å². The van der Waals surface area contributed by atoms with E-state index in [0.29, 0.717) is 11.7 Å². The van der Waals surface area contributed by atoms with Crippen molar-refractivity contribution in [3.8, 4) is 28.4 Å². The molecule has 0 bridgehead atoms. The molecule has 0 saturated carbocycles. The summed E-state index contributed by atoms with van der Waals surface area (Å²) in [6.45, 7) is 2.00. The van der Waals surface area contributed by atoms with E-state index < -0.39 is 0 Å². The Morgan fingerprint density at radius 1 is 1.00 bits per heavy atom. The lowest BCUT2D eigenvalue weighted by Crippen LogP contribution is -1.84. The molecule has 2 aromatic heterocycles. The van der Waals surface area contributed by atoms with Crippen molar-refractivity contribution in [3.63, 3.8) is 0 Å². The standard InChI is InChI=1S/C21H17N3O2S/c1-14-22-19(13-27-14)16-4-3-5-17(12-16)21-23-20(26-24-21)11-8-15-6-9-18(25-2)10-7-15/h3-13H,1-2H3. The second-order valence-electron chi connectivity index (χ2n) is 5.90. The van der Waals surface area contributed by atoms with Crippen LogP contribution in [0.25, 0.3) is 34.8 Å². The maximum absolute atomic E-state index is 5.35. The molecule has 0 aliphatic carbocycles. The molecule has 0 fully saturated rings. The first-order valence-electron chi connectivity index (χ1n) is 8.40. The lowest BCUT2D eigenvalue weighted by molar-refractivity contribution is 0.411. The van der Waals surface area contributed by atoms with Crippen LogP contribution in [0.15, 0.2) is 58.4 Å². The van der Waals surface area contributed by atoms with E-state index in [2.05, 4.69) is 15.1 Å². The number of ether oxygens (including phenoxy) is 1. The van der Waals surface area contributed by atoms with Crippen molar-refractivity contribution in [2.75, 3.05) is 7.11 Å². The number of nitrogens with zero attached hydrogens (tertiary/aromatic N) is 3. The third kappa shape index (κ3) is 3.96. The molecule has 0 spiro atoms. The molecule has 0 aliphatic rings. The van der Waals surface area contributed by atoms with Gasteiger partial charge in [-0.3, -0.25) is 0 Å². The molecule has 0 saturated heterocycles. The largest absolute Gasteiger partial charge is 0.497 e. The number of rotatable bonds is 5. The van der Waals surface area contributed by atoms with Crippen LogP contribution in [0, 0.1) is 6.92 Å². The van der Waals surface area contributed by atoms with Gasteiger partial charge in [0.1, 0.15) is 5.75 Å². The fourth-order valence-corrected chi connectivity index (χ4v) is 3.24. The highest BCUT2D eigenvalue weighted by Gasteiger charge is 2.09. The van der Waals surface area contributed by atoms with Crippen LogP contribution in [0.4, 0.5) is 0 Å². The molecule has 2 aromatic carbocycles. The van der Waals surface area contributed by atoms with E-state index in [9.17, 15) is 0 Å². The van der Waals surface area contributed by atoms with Crippen LogP contribution in [0.2, 0.25) is 0 Å². The zero-order valence-electron chi connectivity index (χ0n) is 14.9. The average Bonchev–Trinajstić information content (AvgIpc) is 3.36. The predicted molar refractivity (Wildman–Crippen MR) is 108 cm³/mol. The average molecular weight is 375 g/mol. The molecule has 0 amide bonds. The molecule has 0 aliphatic heterocycles. The van der Waals surface area contributed by atoms with Crippen LogP contribution >= 0.6 is 11.3 Å². The lowest BCUT2D eigenvalue weighted by Gasteiger charge is -1.99. The minimum atomic E-state index is 0.454. The Bertz CT molecular complexity index is 1080. The zero-order valence-corrected chi connectivity index (χ0v) is 15.7. The molecule has 0 radical (unpaired) electrons. The van der Waals surface area contributed by atoms with Crippen molar-refractivity contribution in [3.05, 3.63) is 70.4 Å². The van der Waals surface area contributed by atoms with Crippen molar-refractivity contribution in [1.82, 2.24) is 15.1 Å². The van der Waals surface area contributed by atoms with Gasteiger partial charge in [0.2, 0.25) is 5.82 Å². The molecule has 0 N–H and O–H groups in total. The Hall–Kier alpha value is -3.25. The molecule has 4 aromatic rings. The molecular formula is C21H17N3O2S. The van der Waals surface area contributed by atoms with Crippen molar-refractivity contribution < 1.29 is 9.26 Å². The van der Waals surface area contributed by atoms with Crippen LogP contribution in [0.3, 0.4) is 0 Å². The Balaban J connectivity index is 1.54. The topological polar surface area (TPSA) is 61.0 Å². The minimum absolute atomic E-state index is 0.454. The smallest absolute Gasteiger partial charge is 0.250 e.